The predicted octanol–water partition coefficient (Wildman–Crippen LogP) is 11.3. The summed E-state index contributed by atoms with van der Waals surface area (Å²) >= 11 is 0. The van der Waals surface area contributed by atoms with Crippen LogP contribution in [-0.4, -0.2) is 0 Å². The number of rotatable bonds is 3. The second kappa shape index (κ2) is 9.04. The van der Waals surface area contributed by atoms with Gasteiger partial charge < -0.3 is 0 Å². The molecular formula is C41H30. The predicted molar refractivity (Wildman–Crippen MR) is 175 cm³/mol. The van der Waals surface area contributed by atoms with Crippen LogP contribution < -0.4 is 0 Å². The Morgan fingerprint density at radius 2 is 0.829 bits per heavy atom. The van der Waals surface area contributed by atoms with Gasteiger partial charge in [0.15, 0.2) is 0 Å². The van der Waals surface area contributed by atoms with E-state index in [1.807, 2.05) is 0 Å². The summed E-state index contributed by atoms with van der Waals surface area (Å²) in [5.74, 6) is 0. The number of benzene rings is 7. The number of fused-ring (bicyclic) bond motifs is 5. The molecule has 0 spiro atoms. The van der Waals surface area contributed by atoms with E-state index < -0.39 is 0 Å². The molecule has 7 aromatic carbocycles. The van der Waals surface area contributed by atoms with Gasteiger partial charge in [0.1, 0.15) is 0 Å². The van der Waals surface area contributed by atoms with Gasteiger partial charge in [0.05, 0.1) is 0 Å². The van der Waals surface area contributed by atoms with Gasteiger partial charge in [-0.25, -0.2) is 0 Å². The molecule has 0 heterocycles. The zero-order valence-corrected chi connectivity index (χ0v) is 23.4. The van der Waals surface area contributed by atoms with Gasteiger partial charge in [0.2, 0.25) is 0 Å². The summed E-state index contributed by atoms with van der Waals surface area (Å²) in [6.45, 7) is 4.72. The maximum absolute atomic E-state index is 2.46. The molecule has 194 valence electrons. The molecule has 1 aliphatic rings. The van der Waals surface area contributed by atoms with Gasteiger partial charge in [-0.2, -0.15) is 0 Å². The Morgan fingerprint density at radius 3 is 1.49 bits per heavy atom. The van der Waals surface area contributed by atoms with E-state index in [1.165, 1.54) is 77.2 Å². The first-order valence-electron chi connectivity index (χ1n) is 14.5. The van der Waals surface area contributed by atoms with Gasteiger partial charge in [-0.3, -0.25) is 0 Å². The normalized spacial score (nSPS) is 13.3. The molecule has 0 saturated heterocycles. The molecule has 41 heavy (non-hydrogen) atoms. The Balaban J connectivity index is 1.40. The van der Waals surface area contributed by atoms with Crippen LogP contribution in [0, 0.1) is 0 Å². The summed E-state index contributed by atoms with van der Waals surface area (Å²) in [7, 11) is 0. The standard InChI is InChI=1S/C41H30/c1-41(2)37-22-11-10-17-31(37)32-24-23-30(26-38(32)41)40-35-20-8-6-18-33(35)39(34-19-7-9-21-36(34)40)29-16-12-15-28(25-29)27-13-4-3-5-14-27/h3-26H,1-2H3. The van der Waals surface area contributed by atoms with Crippen LogP contribution in [0.2, 0.25) is 0 Å². The van der Waals surface area contributed by atoms with Gasteiger partial charge in [-0.1, -0.05) is 147 Å². The van der Waals surface area contributed by atoms with Crippen molar-refractivity contribution in [3.63, 3.8) is 0 Å². The highest BCUT2D eigenvalue weighted by Crippen LogP contribution is 2.51. The zero-order chi connectivity index (χ0) is 27.6. The molecule has 0 nitrogen and oxygen atoms in total. The minimum absolute atomic E-state index is 0.0363. The fourth-order valence-electron chi connectivity index (χ4n) is 7.10. The molecule has 0 aliphatic heterocycles. The van der Waals surface area contributed by atoms with Crippen LogP contribution in [0.5, 0.6) is 0 Å². The van der Waals surface area contributed by atoms with E-state index in [9.17, 15) is 0 Å². The van der Waals surface area contributed by atoms with E-state index in [-0.39, 0.29) is 5.41 Å². The van der Waals surface area contributed by atoms with Crippen molar-refractivity contribution in [2.45, 2.75) is 19.3 Å². The van der Waals surface area contributed by atoms with E-state index >= 15 is 0 Å². The van der Waals surface area contributed by atoms with Crippen molar-refractivity contribution in [3.8, 4) is 44.5 Å². The first-order chi connectivity index (χ1) is 20.1. The van der Waals surface area contributed by atoms with Crippen LogP contribution in [0.1, 0.15) is 25.0 Å². The molecule has 0 heteroatoms. The Hall–Kier alpha value is -4.94. The van der Waals surface area contributed by atoms with E-state index in [4.69, 9.17) is 0 Å². The molecule has 0 N–H and O–H groups in total. The van der Waals surface area contributed by atoms with Gasteiger partial charge in [-0.15, -0.1) is 0 Å². The Labute approximate surface area is 241 Å². The summed E-state index contributed by atoms with van der Waals surface area (Å²) in [6.07, 6.45) is 0. The van der Waals surface area contributed by atoms with Crippen LogP contribution in [0.15, 0.2) is 146 Å². The van der Waals surface area contributed by atoms with Crippen molar-refractivity contribution in [1.29, 1.82) is 0 Å². The number of hydrogen-bond acceptors (Lipinski definition) is 0. The highest BCUT2D eigenvalue weighted by atomic mass is 14.4. The molecular weight excluding hydrogens is 492 g/mol. The molecule has 0 radical (unpaired) electrons. The average Bonchev–Trinajstić information content (AvgIpc) is 3.26. The van der Waals surface area contributed by atoms with Crippen LogP contribution >= 0.6 is 0 Å². The topological polar surface area (TPSA) is 0 Å². The van der Waals surface area contributed by atoms with Crippen LogP contribution in [-0.2, 0) is 5.41 Å². The highest BCUT2D eigenvalue weighted by Gasteiger charge is 2.35. The van der Waals surface area contributed by atoms with Crippen molar-refractivity contribution in [3.05, 3.63) is 157 Å². The molecule has 0 atom stereocenters. The van der Waals surface area contributed by atoms with Gasteiger partial charge >= 0.3 is 0 Å². The monoisotopic (exact) mass is 522 g/mol. The third-order valence-electron chi connectivity index (χ3n) is 9.06. The summed E-state index contributed by atoms with van der Waals surface area (Å²) in [4.78, 5) is 0. The lowest BCUT2D eigenvalue weighted by Crippen LogP contribution is -2.14. The largest absolute Gasteiger partial charge is 0.0622 e. The fraction of sp³-hybridized carbons (Fsp3) is 0.0732. The number of hydrogen-bond donors (Lipinski definition) is 0. The Bertz CT molecular complexity index is 2050. The van der Waals surface area contributed by atoms with Crippen LogP contribution in [0.3, 0.4) is 0 Å². The second-order valence-corrected chi connectivity index (χ2v) is 11.7. The molecule has 7 aromatic rings. The SMILES string of the molecule is CC1(C)c2ccccc2-c2ccc(-c3c4ccccc4c(-c4cccc(-c5ccccc5)c4)c4ccccc34)cc21. The van der Waals surface area contributed by atoms with Gasteiger partial charge in [0, 0.05) is 5.41 Å². The first-order valence-corrected chi connectivity index (χ1v) is 14.5. The molecule has 0 fully saturated rings. The molecule has 0 amide bonds. The fourth-order valence-corrected chi connectivity index (χ4v) is 7.10. The van der Waals surface area contributed by atoms with Crippen molar-refractivity contribution < 1.29 is 0 Å². The second-order valence-electron chi connectivity index (χ2n) is 11.7. The van der Waals surface area contributed by atoms with Crippen LogP contribution in [0.25, 0.3) is 66.1 Å². The molecule has 0 aromatic heterocycles. The summed E-state index contributed by atoms with van der Waals surface area (Å²) < 4.78 is 0. The molecule has 0 unspecified atom stereocenters. The average molecular weight is 523 g/mol. The maximum atomic E-state index is 2.46. The zero-order valence-electron chi connectivity index (χ0n) is 23.4. The Morgan fingerprint density at radius 1 is 0.341 bits per heavy atom. The third-order valence-corrected chi connectivity index (χ3v) is 9.06. The maximum Gasteiger partial charge on any atom is 0.0159 e. The van der Waals surface area contributed by atoms with E-state index in [1.54, 1.807) is 0 Å². The smallest absolute Gasteiger partial charge is 0.0159 e. The Kier molecular flexibility index (Phi) is 5.27. The molecule has 0 saturated carbocycles. The summed E-state index contributed by atoms with van der Waals surface area (Å²) in [5.41, 5.74) is 13.1. The minimum Gasteiger partial charge on any atom is -0.0622 e. The van der Waals surface area contributed by atoms with Crippen molar-refractivity contribution in [2.75, 3.05) is 0 Å². The third kappa shape index (κ3) is 3.61. The van der Waals surface area contributed by atoms with E-state index in [0.29, 0.717) is 0 Å². The highest BCUT2D eigenvalue weighted by molar-refractivity contribution is 6.21. The lowest BCUT2D eigenvalue weighted by atomic mass is 9.80. The minimum atomic E-state index is -0.0363. The molecule has 8 rings (SSSR count). The molecule has 0 bridgehead atoms. The van der Waals surface area contributed by atoms with E-state index in [2.05, 4.69) is 159 Å². The van der Waals surface area contributed by atoms with Gasteiger partial charge in [-0.05, 0) is 89.3 Å². The summed E-state index contributed by atoms with van der Waals surface area (Å²) in [5, 5.41) is 5.16. The van der Waals surface area contributed by atoms with Crippen molar-refractivity contribution >= 4 is 21.5 Å². The quantitative estimate of drug-likeness (QED) is 0.202. The van der Waals surface area contributed by atoms with Gasteiger partial charge in [0.25, 0.3) is 0 Å². The van der Waals surface area contributed by atoms with Crippen molar-refractivity contribution in [1.82, 2.24) is 0 Å². The lowest BCUT2D eigenvalue weighted by Gasteiger charge is -2.23. The van der Waals surface area contributed by atoms with E-state index in [0.717, 1.165) is 0 Å². The molecule has 1 aliphatic carbocycles. The van der Waals surface area contributed by atoms with Crippen LogP contribution in [0.4, 0.5) is 0 Å². The summed E-state index contributed by atoms with van der Waals surface area (Å²) in [6, 6.07) is 53.6. The van der Waals surface area contributed by atoms with Crippen molar-refractivity contribution in [2.24, 2.45) is 0 Å². The lowest BCUT2D eigenvalue weighted by molar-refractivity contribution is 0.660. The first kappa shape index (κ1) is 23.9.